The summed E-state index contributed by atoms with van der Waals surface area (Å²) in [5.74, 6) is 0.945. The molecule has 0 saturated heterocycles. The fourth-order valence-corrected chi connectivity index (χ4v) is 2.77. The van der Waals surface area contributed by atoms with Crippen LogP contribution in [0.25, 0.3) is 0 Å². The van der Waals surface area contributed by atoms with E-state index in [1.54, 1.807) is 11.5 Å². The number of aryl methyl sites for hydroxylation is 1. The molecule has 1 fully saturated rings. The fraction of sp³-hybridized carbons (Fsp3) is 0.818. The van der Waals surface area contributed by atoms with Gasteiger partial charge in [-0.05, 0) is 36.8 Å². The van der Waals surface area contributed by atoms with E-state index < -0.39 is 0 Å². The van der Waals surface area contributed by atoms with Crippen molar-refractivity contribution >= 4 is 11.5 Å². The van der Waals surface area contributed by atoms with Crippen molar-refractivity contribution in [1.29, 1.82) is 0 Å². The predicted octanol–water partition coefficient (Wildman–Crippen LogP) is 2.55. The molecule has 1 aromatic heterocycles. The second-order valence-electron chi connectivity index (χ2n) is 4.23. The van der Waals surface area contributed by atoms with E-state index in [2.05, 4.69) is 28.8 Å². The highest BCUT2D eigenvalue weighted by molar-refractivity contribution is 7.05. The minimum atomic E-state index is 0.498. The summed E-state index contributed by atoms with van der Waals surface area (Å²) in [5, 5.41) is 7.76. The van der Waals surface area contributed by atoms with Gasteiger partial charge in [-0.1, -0.05) is 31.2 Å². The molecule has 15 heavy (non-hydrogen) atoms. The zero-order valence-electron chi connectivity index (χ0n) is 9.49. The van der Waals surface area contributed by atoms with Gasteiger partial charge in [0.15, 0.2) is 0 Å². The maximum atomic E-state index is 4.19. The van der Waals surface area contributed by atoms with Gasteiger partial charge in [0.05, 0.1) is 10.6 Å². The second-order valence-corrected chi connectivity index (χ2v) is 5.01. The third-order valence-corrected chi connectivity index (χ3v) is 3.83. The first-order valence-corrected chi connectivity index (χ1v) is 6.67. The lowest BCUT2D eigenvalue weighted by molar-refractivity contribution is 0.490. The second kappa shape index (κ2) is 5.03. The molecule has 0 spiro atoms. The molecule has 1 aromatic rings. The van der Waals surface area contributed by atoms with Crippen LogP contribution in [0.3, 0.4) is 0 Å². The van der Waals surface area contributed by atoms with Gasteiger partial charge in [0, 0.05) is 6.04 Å². The van der Waals surface area contributed by atoms with E-state index in [4.69, 9.17) is 0 Å². The van der Waals surface area contributed by atoms with Crippen LogP contribution in [-0.2, 0) is 6.42 Å². The Morgan fingerprint density at radius 2 is 2.27 bits per heavy atom. The molecule has 0 aromatic carbocycles. The van der Waals surface area contributed by atoms with E-state index in [-0.39, 0.29) is 0 Å². The van der Waals surface area contributed by atoms with Gasteiger partial charge in [-0.25, -0.2) is 0 Å². The van der Waals surface area contributed by atoms with Crippen molar-refractivity contribution < 1.29 is 0 Å². The normalized spacial score (nSPS) is 18.0. The third kappa shape index (κ3) is 2.75. The molecule has 1 N–H and O–H groups in total. The minimum absolute atomic E-state index is 0.498. The Kier molecular flexibility index (Phi) is 3.70. The highest BCUT2D eigenvalue weighted by atomic mass is 32.1. The molecular weight excluding hydrogens is 206 g/mol. The van der Waals surface area contributed by atoms with E-state index in [0.29, 0.717) is 6.04 Å². The van der Waals surface area contributed by atoms with E-state index in [9.17, 15) is 0 Å². The van der Waals surface area contributed by atoms with Gasteiger partial charge in [-0.3, -0.25) is 0 Å². The van der Waals surface area contributed by atoms with Gasteiger partial charge >= 0.3 is 0 Å². The first kappa shape index (κ1) is 11.0. The van der Waals surface area contributed by atoms with Crippen molar-refractivity contribution in [2.24, 2.45) is 5.92 Å². The SMILES string of the molecule is CCNC(CC1CC1)c1snnc1CC. The fourth-order valence-electron chi connectivity index (χ4n) is 1.94. The van der Waals surface area contributed by atoms with Crippen molar-refractivity contribution in [1.82, 2.24) is 14.9 Å². The Morgan fingerprint density at radius 1 is 1.47 bits per heavy atom. The first-order chi connectivity index (χ1) is 7.35. The van der Waals surface area contributed by atoms with Gasteiger partial charge < -0.3 is 5.32 Å². The smallest absolute Gasteiger partial charge is 0.0800 e. The summed E-state index contributed by atoms with van der Waals surface area (Å²) in [5.41, 5.74) is 1.19. The quantitative estimate of drug-likeness (QED) is 0.808. The lowest BCUT2D eigenvalue weighted by atomic mass is 10.1. The standard InChI is InChI=1S/C11H19N3S/c1-3-9-11(15-14-13-9)10(12-4-2)7-8-5-6-8/h8,10,12H,3-7H2,1-2H3. The molecule has 0 bridgehead atoms. The van der Waals surface area contributed by atoms with Crippen molar-refractivity contribution in [2.75, 3.05) is 6.54 Å². The minimum Gasteiger partial charge on any atom is -0.309 e. The number of nitrogens with one attached hydrogen (secondary N) is 1. The van der Waals surface area contributed by atoms with Gasteiger partial charge in [0.25, 0.3) is 0 Å². The summed E-state index contributed by atoms with van der Waals surface area (Å²) in [7, 11) is 0. The van der Waals surface area contributed by atoms with Gasteiger partial charge in [0.1, 0.15) is 0 Å². The Hall–Kier alpha value is -0.480. The summed E-state index contributed by atoms with van der Waals surface area (Å²) < 4.78 is 4.08. The van der Waals surface area contributed by atoms with E-state index in [0.717, 1.165) is 18.9 Å². The van der Waals surface area contributed by atoms with Crippen LogP contribution in [0.5, 0.6) is 0 Å². The summed E-state index contributed by atoms with van der Waals surface area (Å²) in [6, 6.07) is 0.498. The Bertz CT molecular complexity index is 307. The molecule has 4 heteroatoms. The zero-order chi connectivity index (χ0) is 10.7. The molecule has 84 valence electrons. The van der Waals surface area contributed by atoms with Crippen LogP contribution in [0.1, 0.15) is 49.7 Å². The molecule has 0 aliphatic heterocycles. The number of aromatic nitrogens is 2. The lowest BCUT2D eigenvalue weighted by Crippen LogP contribution is -2.21. The zero-order valence-corrected chi connectivity index (χ0v) is 10.3. The summed E-state index contributed by atoms with van der Waals surface area (Å²) in [4.78, 5) is 1.37. The highest BCUT2D eigenvalue weighted by Gasteiger charge is 2.28. The van der Waals surface area contributed by atoms with Crippen LogP contribution in [0.15, 0.2) is 0 Å². The molecule has 3 nitrogen and oxygen atoms in total. The summed E-state index contributed by atoms with van der Waals surface area (Å²) in [6.07, 6.45) is 5.09. The number of hydrogen-bond donors (Lipinski definition) is 1. The highest BCUT2D eigenvalue weighted by Crippen LogP contribution is 2.38. The number of nitrogens with zero attached hydrogens (tertiary/aromatic N) is 2. The van der Waals surface area contributed by atoms with Crippen LogP contribution < -0.4 is 5.32 Å². The summed E-state index contributed by atoms with van der Waals surface area (Å²) in [6.45, 7) is 5.35. The monoisotopic (exact) mass is 225 g/mol. The van der Waals surface area contributed by atoms with Crippen molar-refractivity contribution in [2.45, 2.75) is 45.6 Å². The molecule has 1 atom stereocenters. The van der Waals surface area contributed by atoms with Crippen LogP contribution in [0.4, 0.5) is 0 Å². The molecular formula is C11H19N3S. The van der Waals surface area contributed by atoms with E-state index >= 15 is 0 Å². The molecule has 0 amide bonds. The Labute approximate surface area is 95.4 Å². The van der Waals surface area contributed by atoms with E-state index in [1.165, 1.54) is 29.8 Å². The largest absolute Gasteiger partial charge is 0.309 e. The van der Waals surface area contributed by atoms with Crippen LogP contribution in [0, 0.1) is 5.92 Å². The predicted molar refractivity (Wildman–Crippen MR) is 63.0 cm³/mol. The maximum absolute atomic E-state index is 4.19. The average Bonchev–Trinajstić information content (AvgIpc) is 2.93. The van der Waals surface area contributed by atoms with Crippen molar-refractivity contribution in [3.8, 4) is 0 Å². The molecule has 1 aliphatic carbocycles. The topological polar surface area (TPSA) is 37.8 Å². The molecule has 1 aliphatic rings. The Morgan fingerprint density at radius 3 is 2.87 bits per heavy atom. The molecule has 1 saturated carbocycles. The average molecular weight is 225 g/mol. The number of rotatable bonds is 6. The van der Waals surface area contributed by atoms with Crippen LogP contribution in [0.2, 0.25) is 0 Å². The molecule has 2 rings (SSSR count). The van der Waals surface area contributed by atoms with Crippen molar-refractivity contribution in [3.63, 3.8) is 0 Å². The van der Waals surface area contributed by atoms with Crippen LogP contribution in [-0.4, -0.2) is 16.1 Å². The maximum Gasteiger partial charge on any atom is 0.0800 e. The van der Waals surface area contributed by atoms with Crippen LogP contribution >= 0.6 is 11.5 Å². The van der Waals surface area contributed by atoms with Gasteiger partial charge in [-0.2, -0.15) is 0 Å². The van der Waals surface area contributed by atoms with Gasteiger partial charge in [0.2, 0.25) is 0 Å². The third-order valence-electron chi connectivity index (χ3n) is 2.95. The molecule has 1 heterocycles. The van der Waals surface area contributed by atoms with Crippen molar-refractivity contribution in [3.05, 3.63) is 10.6 Å². The lowest BCUT2D eigenvalue weighted by Gasteiger charge is -2.16. The molecule has 1 unspecified atom stereocenters. The van der Waals surface area contributed by atoms with Gasteiger partial charge in [-0.15, -0.1) is 5.10 Å². The summed E-state index contributed by atoms with van der Waals surface area (Å²) >= 11 is 1.57. The number of hydrogen-bond acceptors (Lipinski definition) is 4. The Balaban J connectivity index is 2.07. The molecule has 0 radical (unpaired) electrons. The van der Waals surface area contributed by atoms with E-state index in [1.807, 2.05) is 0 Å². The first-order valence-electron chi connectivity index (χ1n) is 5.89.